The molecule has 2 saturated heterocycles. The second-order valence-electron chi connectivity index (χ2n) is 7.36. The molecular weight excluding hydrogens is 276 g/mol. The molecule has 0 aromatic carbocycles. The molecule has 0 bridgehead atoms. The fraction of sp³-hybridized carbons (Fsp3) is 0.765. The van der Waals surface area contributed by atoms with Crippen LogP contribution in [0.15, 0.2) is 18.5 Å². The van der Waals surface area contributed by atoms with Gasteiger partial charge in [-0.05, 0) is 43.6 Å². The molecule has 5 heteroatoms. The van der Waals surface area contributed by atoms with Crippen molar-refractivity contribution < 1.29 is 4.79 Å². The number of piperidine rings is 1. The highest BCUT2D eigenvalue weighted by Gasteiger charge is 2.45. The number of amides is 1. The van der Waals surface area contributed by atoms with E-state index in [1.807, 2.05) is 23.1 Å². The second-order valence-corrected chi connectivity index (χ2v) is 7.36. The Kier molecular flexibility index (Phi) is 3.68. The molecule has 0 radical (unpaired) electrons. The predicted molar refractivity (Wildman–Crippen MR) is 84.2 cm³/mol. The normalized spacial score (nSPS) is 32.2. The predicted octanol–water partition coefficient (Wildman–Crippen LogP) is 1.60. The fourth-order valence-corrected chi connectivity index (χ4v) is 4.54. The third-order valence-electron chi connectivity index (χ3n) is 5.64. The summed E-state index contributed by atoms with van der Waals surface area (Å²) in [6, 6.07) is 2.72. The SMILES string of the molecule is CC(=O)N1[C@H](Cn2cccn2)C[C@@H]2CN(CC3CC3)CC[C@@H]21. The highest BCUT2D eigenvalue weighted by atomic mass is 16.2. The first-order valence-electron chi connectivity index (χ1n) is 8.69. The van der Waals surface area contributed by atoms with Crippen LogP contribution in [0.1, 0.15) is 32.6 Å². The molecule has 120 valence electrons. The van der Waals surface area contributed by atoms with Crippen LogP contribution in [0.5, 0.6) is 0 Å². The average molecular weight is 302 g/mol. The molecule has 3 aliphatic rings. The zero-order valence-corrected chi connectivity index (χ0v) is 13.4. The van der Waals surface area contributed by atoms with Gasteiger partial charge in [-0.25, -0.2) is 0 Å². The van der Waals surface area contributed by atoms with E-state index in [9.17, 15) is 4.79 Å². The highest BCUT2D eigenvalue weighted by molar-refractivity contribution is 5.74. The molecule has 2 aliphatic heterocycles. The van der Waals surface area contributed by atoms with Gasteiger partial charge in [0.05, 0.1) is 12.6 Å². The summed E-state index contributed by atoms with van der Waals surface area (Å²) in [4.78, 5) is 17.0. The van der Waals surface area contributed by atoms with Gasteiger partial charge in [0, 0.05) is 45.0 Å². The summed E-state index contributed by atoms with van der Waals surface area (Å²) in [5.74, 6) is 1.85. The van der Waals surface area contributed by atoms with Gasteiger partial charge in [-0.1, -0.05) is 0 Å². The topological polar surface area (TPSA) is 41.4 Å². The number of aromatic nitrogens is 2. The van der Waals surface area contributed by atoms with Gasteiger partial charge >= 0.3 is 0 Å². The van der Waals surface area contributed by atoms with Gasteiger partial charge in [-0.2, -0.15) is 5.10 Å². The largest absolute Gasteiger partial charge is 0.335 e. The lowest BCUT2D eigenvalue weighted by Gasteiger charge is -2.38. The average Bonchev–Trinajstić information content (AvgIpc) is 3.01. The molecule has 3 atom stereocenters. The number of nitrogens with zero attached hydrogens (tertiary/aromatic N) is 4. The Labute approximate surface area is 132 Å². The minimum absolute atomic E-state index is 0.236. The zero-order valence-electron chi connectivity index (χ0n) is 13.4. The first-order valence-corrected chi connectivity index (χ1v) is 8.69. The van der Waals surface area contributed by atoms with E-state index < -0.39 is 0 Å². The van der Waals surface area contributed by atoms with Crippen molar-refractivity contribution in [1.82, 2.24) is 19.6 Å². The van der Waals surface area contributed by atoms with Gasteiger partial charge < -0.3 is 9.80 Å². The number of carbonyl (C=O) groups excluding carboxylic acids is 1. The molecule has 1 aromatic heterocycles. The Morgan fingerprint density at radius 3 is 2.82 bits per heavy atom. The van der Waals surface area contributed by atoms with Gasteiger partial charge in [0.2, 0.25) is 5.91 Å². The molecule has 1 aromatic rings. The lowest BCUT2D eigenvalue weighted by molar-refractivity contribution is -0.133. The molecule has 1 saturated carbocycles. The quantitative estimate of drug-likeness (QED) is 0.848. The molecule has 3 heterocycles. The monoisotopic (exact) mass is 302 g/mol. The van der Waals surface area contributed by atoms with Crippen molar-refractivity contribution in [2.45, 2.75) is 51.2 Å². The van der Waals surface area contributed by atoms with Gasteiger partial charge in [0.25, 0.3) is 0 Å². The van der Waals surface area contributed by atoms with Gasteiger partial charge in [-0.15, -0.1) is 0 Å². The van der Waals surface area contributed by atoms with Crippen LogP contribution < -0.4 is 0 Å². The Morgan fingerprint density at radius 2 is 2.14 bits per heavy atom. The van der Waals surface area contributed by atoms with E-state index in [0.29, 0.717) is 18.0 Å². The van der Waals surface area contributed by atoms with Crippen molar-refractivity contribution in [1.29, 1.82) is 0 Å². The van der Waals surface area contributed by atoms with Crippen LogP contribution in [-0.2, 0) is 11.3 Å². The van der Waals surface area contributed by atoms with E-state index in [0.717, 1.165) is 31.8 Å². The van der Waals surface area contributed by atoms with Crippen molar-refractivity contribution >= 4 is 5.91 Å². The first kappa shape index (κ1) is 14.2. The summed E-state index contributed by atoms with van der Waals surface area (Å²) < 4.78 is 1.97. The number of rotatable bonds is 4. The minimum Gasteiger partial charge on any atom is -0.335 e. The van der Waals surface area contributed by atoms with Crippen LogP contribution in [0, 0.1) is 11.8 Å². The summed E-state index contributed by atoms with van der Waals surface area (Å²) in [5.41, 5.74) is 0. The van der Waals surface area contributed by atoms with Crippen LogP contribution in [0.25, 0.3) is 0 Å². The number of carbonyl (C=O) groups is 1. The number of likely N-dealkylation sites (tertiary alicyclic amines) is 2. The molecular formula is C17H26N4O. The molecule has 0 spiro atoms. The third kappa shape index (κ3) is 2.78. The van der Waals surface area contributed by atoms with Crippen LogP contribution in [0.4, 0.5) is 0 Å². The van der Waals surface area contributed by atoms with E-state index in [1.165, 1.54) is 25.9 Å². The minimum atomic E-state index is 0.236. The van der Waals surface area contributed by atoms with Crippen LogP contribution in [0.3, 0.4) is 0 Å². The number of hydrogen-bond acceptors (Lipinski definition) is 3. The Bertz CT molecular complexity index is 525. The molecule has 1 amide bonds. The zero-order chi connectivity index (χ0) is 15.1. The Hall–Kier alpha value is -1.36. The smallest absolute Gasteiger partial charge is 0.220 e. The van der Waals surface area contributed by atoms with Crippen molar-refractivity contribution in [2.75, 3.05) is 19.6 Å². The summed E-state index contributed by atoms with van der Waals surface area (Å²) in [6.45, 7) is 6.20. The van der Waals surface area contributed by atoms with Crippen molar-refractivity contribution in [3.63, 3.8) is 0 Å². The van der Waals surface area contributed by atoms with E-state index in [2.05, 4.69) is 14.9 Å². The summed E-state index contributed by atoms with van der Waals surface area (Å²) in [6.07, 6.45) is 8.94. The van der Waals surface area contributed by atoms with Gasteiger partial charge in [0.15, 0.2) is 0 Å². The van der Waals surface area contributed by atoms with Crippen molar-refractivity contribution in [3.05, 3.63) is 18.5 Å². The van der Waals surface area contributed by atoms with Crippen LogP contribution in [-0.4, -0.2) is 57.2 Å². The maximum absolute atomic E-state index is 12.2. The lowest BCUT2D eigenvalue weighted by Crippen LogP contribution is -2.49. The highest BCUT2D eigenvalue weighted by Crippen LogP contribution is 2.38. The van der Waals surface area contributed by atoms with E-state index in [4.69, 9.17) is 0 Å². The summed E-state index contributed by atoms with van der Waals surface area (Å²) in [5, 5.41) is 4.32. The van der Waals surface area contributed by atoms with E-state index >= 15 is 0 Å². The summed E-state index contributed by atoms with van der Waals surface area (Å²) >= 11 is 0. The summed E-state index contributed by atoms with van der Waals surface area (Å²) in [7, 11) is 0. The van der Waals surface area contributed by atoms with Crippen LogP contribution >= 0.6 is 0 Å². The maximum Gasteiger partial charge on any atom is 0.220 e. The van der Waals surface area contributed by atoms with E-state index in [-0.39, 0.29) is 5.91 Å². The molecule has 1 aliphatic carbocycles. The Balaban J connectivity index is 1.45. The fourth-order valence-electron chi connectivity index (χ4n) is 4.54. The van der Waals surface area contributed by atoms with Crippen molar-refractivity contribution in [2.24, 2.45) is 11.8 Å². The van der Waals surface area contributed by atoms with Gasteiger partial charge in [0.1, 0.15) is 0 Å². The maximum atomic E-state index is 12.2. The lowest BCUT2D eigenvalue weighted by atomic mass is 9.92. The van der Waals surface area contributed by atoms with Gasteiger partial charge in [-0.3, -0.25) is 9.48 Å². The molecule has 0 N–H and O–H groups in total. The Morgan fingerprint density at radius 1 is 1.27 bits per heavy atom. The third-order valence-corrected chi connectivity index (χ3v) is 5.64. The number of fused-ring (bicyclic) bond motifs is 1. The molecule has 22 heavy (non-hydrogen) atoms. The number of hydrogen-bond donors (Lipinski definition) is 0. The molecule has 4 rings (SSSR count). The molecule has 0 unspecified atom stereocenters. The van der Waals surface area contributed by atoms with Crippen LogP contribution in [0.2, 0.25) is 0 Å². The molecule has 3 fully saturated rings. The van der Waals surface area contributed by atoms with Crippen molar-refractivity contribution in [3.8, 4) is 0 Å². The standard InChI is InChI=1S/C17H26N4O/c1-13(22)21-16(12-20-7-2-6-18-20)9-15-11-19(8-5-17(15)21)10-14-3-4-14/h2,6-7,14-17H,3-5,8-12H2,1H3/t15-,16+,17+/m1/s1. The molecule has 5 nitrogen and oxygen atoms in total. The first-order chi connectivity index (χ1) is 10.7. The van der Waals surface area contributed by atoms with E-state index in [1.54, 1.807) is 6.92 Å². The second kappa shape index (κ2) is 5.69.